The zero-order valence-corrected chi connectivity index (χ0v) is 9.01. The summed E-state index contributed by atoms with van der Waals surface area (Å²) in [5, 5.41) is 3.11. The SMILES string of the molecule is CC1(NC(=O)N2CCCCCC2)CC1. The molecule has 3 nitrogen and oxygen atoms in total. The van der Waals surface area contributed by atoms with Crippen molar-refractivity contribution >= 4 is 6.03 Å². The lowest BCUT2D eigenvalue weighted by Gasteiger charge is -2.23. The Labute approximate surface area is 85.8 Å². The number of urea groups is 1. The Bertz CT molecular complexity index is 215. The molecule has 0 spiro atoms. The third kappa shape index (κ3) is 2.40. The van der Waals surface area contributed by atoms with Crippen LogP contribution in [0.2, 0.25) is 0 Å². The molecule has 2 aliphatic rings. The average molecular weight is 196 g/mol. The summed E-state index contributed by atoms with van der Waals surface area (Å²) >= 11 is 0. The number of likely N-dealkylation sites (tertiary alicyclic amines) is 1. The largest absolute Gasteiger partial charge is 0.333 e. The standard InChI is InChI=1S/C11H20N2O/c1-11(6-7-11)12-10(14)13-8-4-2-3-5-9-13/h2-9H2,1H3,(H,12,14). The van der Waals surface area contributed by atoms with Crippen LogP contribution in [-0.2, 0) is 0 Å². The Morgan fingerprint density at radius 3 is 2.21 bits per heavy atom. The molecule has 1 aliphatic heterocycles. The first-order valence-electron chi connectivity index (χ1n) is 5.77. The summed E-state index contributed by atoms with van der Waals surface area (Å²) in [5.74, 6) is 0. The molecule has 0 aromatic rings. The quantitative estimate of drug-likeness (QED) is 0.684. The van der Waals surface area contributed by atoms with Crippen molar-refractivity contribution in [3.05, 3.63) is 0 Å². The van der Waals surface area contributed by atoms with Gasteiger partial charge in [0, 0.05) is 18.6 Å². The monoisotopic (exact) mass is 196 g/mol. The smallest absolute Gasteiger partial charge is 0.317 e. The molecule has 2 rings (SSSR count). The lowest BCUT2D eigenvalue weighted by molar-refractivity contribution is 0.195. The van der Waals surface area contributed by atoms with E-state index in [-0.39, 0.29) is 11.6 Å². The predicted octanol–water partition coefficient (Wildman–Crippen LogP) is 2.12. The van der Waals surface area contributed by atoms with Crippen LogP contribution in [-0.4, -0.2) is 29.6 Å². The summed E-state index contributed by atoms with van der Waals surface area (Å²) < 4.78 is 0. The highest BCUT2D eigenvalue weighted by Crippen LogP contribution is 2.34. The van der Waals surface area contributed by atoms with Gasteiger partial charge in [-0.05, 0) is 32.6 Å². The van der Waals surface area contributed by atoms with Crippen LogP contribution in [0.3, 0.4) is 0 Å². The van der Waals surface area contributed by atoms with E-state index in [4.69, 9.17) is 0 Å². The number of carbonyl (C=O) groups excluding carboxylic acids is 1. The van der Waals surface area contributed by atoms with E-state index < -0.39 is 0 Å². The molecule has 0 unspecified atom stereocenters. The van der Waals surface area contributed by atoms with Crippen LogP contribution in [0.25, 0.3) is 0 Å². The molecule has 1 saturated carbocycles. The molecule has 1 N–H and O–H groups in total. The number of carbonyl (C=O) groups is 1. The highest BCUT2D eigenvalue weighted by atomic mass is 16.2. The summed E-state index contributed by atoms with van der Waals surface area (Å²) in [5.41, 5.74) is 0.128. The molecule has 0 atom stereocenters. The molecule has 0 radical (unpaired) electrons. The topological polar surface area (TPSA) is 32.3 Å². The molecule has 80 valence electrons. The number of nitrogens with one attached hydrogen (secondary N) is 1. The Hall–Kier alpha value is -0.730. The van der Waals surface area contributed by atoms with Gasteiger partial charge in [0.15, 0.2) is 0 Å². The van der Waals surface area contributed by atoms with Gasteiger partial charge in [-0.15, -0.1) is 0 Å². The van der Waals surface area contributed by atoms with E-state index in [0.717, 1.165) is 25.9 Å². The zero-order valence-electron chi connectivity index (χ0n) is 9.01. The van der Waals surface area contributed by atoms with Crippen molar-refractivity contribution in [3.8, 4) is 0 Å². The average Bonchev–Trinajstić information content (AvgIpc) is 2.89. The van der Waals surface area contributed by atoms with Crippen LogP contribution in [0.1, 0.15) is 45.4 Å². The first-order chi connectivity index (χ1) is 6.70. The van der Waals surface area contributed by atoms with Gasteiger partial charge >= 0.3 is 6.03 Å². The summed E-state index contributed by atoms with van der Waals surface area (Å²) in [6, 6.07) is 0.159. The Morgan fingerprint density at radius 1 is 1.14 bits per heavy atom. The van der Waals surface area contributed by atoms with Gasteiger partial charge in [0.05, 0.1) is 0 Å². The van der Waals surface area contributed by atoms with Crippen molar-refractivity contribution in [2.24, 2.45) is 0 Å². The van der Waals surface area contributed by atoms with E-state index in [2.05, 4.69) is 12.2 Å². The summed E-state index contributed by atoms with van der Waals surface area (Å²) in [6.45, 7) is 4.02. The minimum atomic E-state index is 0.128. The number of nitrogens with zero attached hydrogens (tertiary/aromatic N) is 1. The van der Waals surface area contributed by atoms with Crippen molar-refractivity contribution < 1.29 is 4.79 Å². The van der Waals surface area contributed by atoms with Crippen LogP contribution >= 0.6 is 0 Å². The number of rotatable bonds is 1. The molecule has 3 heteroatoms. The fourth-order valence-corrected chi connectivity index (χ4v) is 1.92. The number of hydrogen-bond acceptors (Lipinski definition) is 1. The van der Waals surface area contributed by atoms with Gasteiger partial charge in [-0.2, -0.15) is 0 Å². The van der Waals surface area contributed by atoms with Crippen molar-refractivity contribution in [1.82, 2.24) is 10.2 Å². The van der Waals surface area contributed by atoms with E-state index in [9.17, 15) is 4.79 Å². The summed E-state index contributed by atoms with van der Waals surface area (Å²) in [4.78, 5) is 13.8. The van der Waals surface area contributed by atoms with Crippen molar-refractivity contribution in [3.63, 3.8) is 0 Å². The van der Waals surface area contributed by atoms with E-state index in [1.807, 2.05) is 4.90 Å². The van der Waals surface area contributed by atoms with Crippen molar-refractivity contribution in [1.29, 1.82) is 0 Å². The molecule has 14 heavy (non-hydrogen) atoms. The molecular formula is C11H20N2O. The maximum atomic E-state index is 11.8. The first kappa shape index (κ1) is 9.81. The Balaban J connectivity index is 1.83. The third-order valence-electron chi connectivity index (χ3n) is 3.30. The van der Waals surface area contributed by atoms with Crippen LogP contribution in [0.4, 0.5) is 4.79 Å². The second-order valence-electron chi connectivity index (χ2n) is 4.89. The lowest BCUT2D eigenvalue weighted by atomic mass is 10.2. The maximum Gasteiger partial charge on any atom is 0.317 e. The first-order valence-corrected chi connectivity index (χ1v) is 5.77. The fourth-order valence-electron chi connectivity index (χ4n) is 1.92. The van der Waals surface area contributed by atoms with Crippen molar-refractivity contribution in [2.75, 3.05) is 13.1 Å². The predicted molar refractivity (Wildman–Crippen MR) is 56.2 cm³/mol. The van der Waals surface area contributed by atoms with Gasteiger partial charge in [-0.1, -0.05) is 12.8 Å². The van der Waals surface area contributed by atoms with E-state index in [1.54, 1.807) is 0 Å². The highest BCUT2D eigenvalue weighted by Gasteiger charge is 2.39. The molecule has 1 aliphatic carbocycles. The van der Waals surface area contributed by atoms with Crippen LogP contribution in [0.5, 0.6) is 0 Å². The molecule has 1 saturated heterocycles. The van der Waals surface area contributed by atoms with Gasteiger partial charge in [-0.25, -0.2) is 4.79 Å². The maximum absolute atomic E-state index is 11.8. The summed E-state index contributed by atoms with van der Waals surface area (Å²) in [6.07, 6.45) is 7.19. The third-order valence-corrected chi connectivity index (χ3v) is 3.30. The lowest BCUT2D eigenvalue weighted by Crippen LogP contribution is -2.45. The minimum Gasteiger partial charge on any atom is -0.333 e. The molecule has 2 amide bonds. The van der Waals surface area contributed by atoms with Gasteiger partial charge in [0.1, 0.15) is 0 Å². The highest BCUT2D eigenvalue weighted by molar-refractivity contribution is 5.75. The Morgan fingerprint density at radius 2 is 1.71 bits per heavy atom. The molecule has 1 heterocycles. The van der Waals surface area contributed by atoms with Crippen LogP contribution < -0.4 is 5.32 Å². The molecule has 0 aromatic heterocycles. The normalized spacial score (nSPS) is 25.4. The number of amides is 2. The molecule has 0 bridgehead atoms. The second kappa shape index (κ2) is 3.79. The van der Waals surface area contributed by atoms with Crippen molar-refractivity contribution in [2.45, 2.75) is 51.0 Å². The van der Waals surface area contributed by atoms with Crippen LogP contribution in [0.15, 0.2) is 0 Å². The zero-order chi connectivity index (χ0) is 10.0. The van der Waals surface area contributed by atoms with Gasteiger partial charge in [-0.3, -0.25) is 0 Å². The summed E-state index contributed by atoms with van der Waals surface area (Å²) in [7, 11) is 0. The number of hydrogen-bond donors (Lipinski definition) is 1. The molecule has 2 fully saturated rings. The van der Waals surface area contributed by atoms with E-state index in [1.165, 1.54) is 25.7 Å². The van der Waals surface area contributed by atoms with Gasteiger partial charge in [0.25, 0.3) is 0 Å². The van der Waals surface area contributed by atoms with Gasteiger partial charge in [0.2, 0.25) is 0 Å². The van der Waals surface area contributed by atoms with E-state index >= 15 is 0 Å². The van der Waals surface area contributed by atoms with Gasteiger partial charge < -0.3 is 10.2 Å². The van der Waals surface area contributed by atoms with Crippen LogP contribution in [0, 0.1) is 0 Å². The minimum absolute atomic E-state index is 0.128. The fraction of sp³-hybridized carbons (Fsp3) is 0.909. The Kier molecular flexibility index (Phi) is 2.66. The molecular weight excluding hydrogens is 176 g/mol. The second-order valence-corrected chi connectivity index (χ2v) is 4.89. The van der Waals surface area contributed by atoms with E-state index in [0.29, 0.717) is 0 Å². The molecule has 0 aromatic carbocycles.